The molecule has 0 aliphatic carbocycles. The summed E-state index contributed by atoms with van der Waals surface area (Å²) in [4.78, 5) is 20.8. The van der Waals surface area contributed by atoms with E-state index in [1.165, 1.54) is 19.2 Å². The molecular weight excluding hydrogens is 497 g/mol. The predicted molar refractivity (Wildman–Crippen MR) is 131 cm³/mol. The van der Waals surface area contributed by atoms with Crippen LogP contribution in [0, 0.1) is 5.82 Å². The average molecular weight is 531 g/mol. The molecule has 2 saturated heterocycles. The van der Waals surface area contributed by atoms with Crippen LogP contribution in [0.2, 0.25) is 0 Å². The molecule has 12 heteroatoms. The molecule has 2 fully saturated rings. The van der Waals surface area contributed by atoms with Crippen molar-refractivity contribution in [1.29, 1.82) is 0 Å². The standard InChI is InChI=1S/C24H33F3N4O4S/c1-5-15(2)22(29-23(35-3)21(26)27)30-11-8-16(9-12-30)31-13-10-20(24(31)32)28-19-7-6-17(14-18(19)25)36(4,33)34/h6-7,14,16,20-21,28H,5,8-13H2,1-4H3. The van der Waals surface area contributed by atoms with Crippen molar-refractivity contribution in [2.24, 2.45) is 4.99 Å². The molecule has 1 aromatic rings. The first-order valence-corrected chi connectivity index (χ1v) is 13.8. The number of carbonyl (C=O) groups is 1. The van der Waals surface area contributed by atoms with Gasteiger partial charge in [0.15, 0.2) is 9.84 Å². The Morgan fingerprint density at radius 1 is 1.22 bits per heavy atom. The number of hydrogen-bond donors (Lipinski definition) is 1. The van der Waals surface area contributed by atoms with E-state index in [0.29, 0.717) is 51.1 Å². The predicted octanol–water partition coefficient (Wildman–Crippen LogP) is 3.66. The molecular formula is C24H33F3N4O4S. The maximum Gasteiger partial charge on any atom is 0.312 e. The summed E-state index contributed by atoms with van der Waals surface area (Å²) in [6.45, 7) is 5.39. The van der Waals surface area contributed by atoms with Crippen molar-refractivity contribution >= 4 is 27.3 Å². The summed E-state index contributed by atoms with van der Waals surface area (Å²) in [6.07, 6.45) is 0.612. The minimum atomic E-state index is -3.54. The van der Waals surface area contributed by atoms with E-state index in [0.717, 1.165) is 17.9 Å². The second kappa shape index (κ2) is 11.5. The van der Waals surface area contributed by atoms with E-state index in [4.69, 9.17) is 4.74 Å². The van der Waals surface area contributed by atoms with E-state index in [1.54, 1.807) is 4.90 Å². The fraction of sp³-hybridized carbons (Fsp3) is 0.583. The highest BCUT2D eigenvalue weighted by Crippen LogP contribution is 2.28. The SMILES string of the molecule is CCC(C)=C(N=C(OC)C(F)F)N1CCC(N2CCC(Nc3ccc(S(C)(=O)=O)cc3F)C2=O)CC1. The molecule has 8 nitrogen and oxygen atoms in total. The molecule has 2 aliphatic rings. The Kier molecular flexibility index (Phi) is 8.91. The van der Waals surface area contributed by atoms with Gasteiger partial charge in [-0.05, 0) is 56.4 Å². The molecule has 1 N–H and O–H groups in total. The number of alkyl halides is 2. The molecule has 0 aromatic heterocycles. The monoisotopic (exact) mass is 530 g/mol. The second-order valence-corrected chi connectivity index (χ2v) is 11.1. The Labute approximate surface area is 210 Å². The Bertz CT molecular complexity index is 1130. The van der Waals surface area contributed by atoms with Gasteiger partial charge >= 0.3 is 6.43 Å². The van der Waals surface area contributed by atoms with E-state index in [-0.39, 0.29) is 22.5 Å². The van der Waals surface area contributed by atoms with Gasteiger partial charge in [-0.15, -0.1) is 0 Å². The fourth-order valence-electron chi connectivity index (χ4n) is 4.50. The largest absolute Gasteiger partial charge is 0.480 e. The number of carbonyl (C=O) groups excluding carboxylic acids is 1. The third-order valence-corrected chi connectivity index (χ3v) is 7.78. The third kappa shape index (κ3) is 6.32. The highest BCUT2D eigenvalue weighted by atomic mass is 32.2. The van der Waals surface area contributed by atoms with Gasteiger partial charge in [-0.2, -0.15) is 13.8 Å². The van der Waals surface area contributed by atoms with Crippen molar-refractivity contribution in [2.75, 3.05) is 38.3 Å². The summed E-state index contributed by atoms with van der Waals surface area (Å²) in [6, 6.07) is 2.95. The fourth-order valence-corrected chi connectivity index (χ4v) is 5.13. The van der Waals surface area contributed by atoms with Crippen molar-refractivity contribution in [2.45, 2.75) is 62.9 Å². The summed E-state index contributed by atoms with van der Waals surface area (Å²) in [5, 5.41) is 2.91. The molecule has 0 radical (unpaired) electrons. The lowest BCUT2D eigenvalue weighted by molar-refractivity contribution is -0.131. The van der Waals surface area contributed by atoms with E-state index in [2.05, 4.69) is 10.3 Å². The van der Waals surface area contributed by atoms with Gasteiger partial charge < -0.3 is 19.9 Å². The molecule has 1 aromatic carbocycles. The zero-order chi connectivity index (χ0) is 26.6. The van der Waals surface area contributed by atoms with Crippen molar-refractivity contribution in [1.82, 2.24) is 9.80 Å². The van der Waals surface area contributed by atoms with Gasteiger partial charge in [0.25, 0.3) is 5.90 Å². The number of nitrogens with zero attached hydrogens (tertiary/aromatic N) is 3. The number of allylic oxidation sites excluding steroid dienone is 1. The minimum Gasteiger partial charge on any atom is -0.480 e. The minimum absolute atomic E-state index is 0.0258. The first-order chi connectivity index (χ1) is 17.0. The van der Waals surface area contributed by atoms with E-state index in [1.807, 2.05) is 18.7 Å². The lowest BCUT2D eigenvalue weighted by Gasteiger charge is -2.38. The molecule has 1 unspecified atom stereocenters. The summed E-state index contributed by atoms with van der Waals surface area (Å²) in [5.41, 5.74) is 0.946. The van der Waals surface area contributed by atoms with Gasteiger partial charge in [-0.1, -0.05) is 6.92 Å². The number of piperidine rings is 1. The Morgan fingerprint density at radius 2 is 1.89 bits per heavy atom. The highest BCUT2D eigenvalue weighted by molar-refractivity contribution is 7.90. The number of rotatable bonds is 8. The van der Waals surface area contributed by atoms with E-state index >= 15 is 0 Å². The van der Waals surface area contributed by atoms with Crippen molar-refractivity contribution < 1.29 is 31.1 Å². The normalized spacial score (nSPS) is 20.7. The third-order valence-electron chi connectivity index (χ3n) is 6.67. The number of benzene rings is 1. The number of nitrogens with one attached hydrogen (secondary N) is 1. The Hall–Kier alpha value is -2.76. The number of methoxy groups -OCH3 is 1. The van der Waals surface area contributed by atoms with Gasteiger partial charge in [-0.3, -0.25) is 4.79 Å². The Morgan fingerprint density at radius 3 is 2.42 bits per heavy atom. The van der Waals surface area contributed by atoms with Crippen LogP contribution in [0.4, 0.5) is 18.9 Å². The van der Waals surface area contributed by atoms with Gasteiger partial charge in [0.05, 0.1) is 17.7 Å². The van der Waals surface area contributed by atoms with Crippen LogP contribution >= 0.6 is 0 Å². The van der Waals surface area contributed by atoms with Crippen LogP contribution < -0.4 is 5.32 Å². The molecule has 36 heavy (non-hydrogen) atoms. The van der Waals surface area contributed by atoms with Crippen molar-refractivity contribution in [3.05, 3.63) is 35.4 Å². The van der Waals surface area contributed by atoms with Crippen LogP contribution in [0.5, 0.6) is 0 Å². The lowest BCUT2D eigenvalue weighted by atomic mass is 10.0. The van der Waals surface area contributed by atoms with E-state index in [9.17, 15) is 26.4 Å². The van der Waals surface area contributed by atoms with Crippen LogP contribution in [0.25, 0.3) is 0 Å². The molecule has 200 valence electrons. The first kappa shape index (κ1) is 27.8. The van der Waals surface area contributed by atoms with Gasteiger partial charge in [0, 0.05) is 31.9 Å². The molecule has 1 atom stereocenters. The lowest BCUT2D eigenvalue weighted by Crippen LogP contribution is -2.47. The molecule has 1 amide bonds. The summed E-state index contributed by atoms with van der Waals surface area (Å²) in [5.74, 6) is -1.02. The highest BCUT2D eigenvalue weighted by Gasteiger charge is 2.38. The molecule has 3 rings (SSSR count). The Balaban J connectivity index is 1.65. The zero-order valence-corrected chi connectivity index (χ0v) is 21.7. The number of halogens is 3. The number of amides is 1. The quantitative estimate of drug-likeness (QED) is 0.408. The maximum absolute atomic E-state index is 14.5. The summed E-state index contributed by atoms with van der Waals surface area (Å²) >= 11 is 0. The van der Waals surface area contributed by atoms with Crippen LogP contribution in [0.1, 0.15) is 39.5 Å². The zero-order valence-electron chi connectivity index (χ0n) is 20.9. The number of hydrogen-bond acceptors (Lipinski definition) is 7. The van der Waals surface area contributed by atoms with E-state index < -0.39 is 34.0 Å². The number of ether oxygens (including phenoxy) is 1. The van der Waals surface area contributed by atoms with Crippen molar-refractivity contribution in [3.8, 4) is 0 Å². The maximum atomic E-state index is 14.5. The molecule has 0 spiro atoms. The average Bonchev–Trinajstić information content (AvgIpc) is 3.19. The smallest absolute Gasteiger partial charge is 0.312 e. The van der Waals surface area contributed by atoms with Crippen LogP contribution in [0.3, 0.4) is 0 Å². The topological polar surface area (TPSA) is 91.3 Å². The van der Waals surface area contributed by atoms with Gasteiger partial charge in [0.2, 0.25) is 5.91 Å². The van der Waals surface area contributed by atoms with Crippen LogP contribution in [0.15, 0.2) is 39.5 Å². The first-order valence-electron chi connectivity index (χ1n) is 11.9. The molecule has 2 heterocycles. The molecule has 2 aliphatic heterocycles. The second-order valence-electron chi connectivity index (χ2n) is 9.06. The number of anilines is 1. The summed E-state index contributed by atoms with van der Waals surface area (Å²) < 4.78 is 68.9. The molecule has 0 saturated carbocycles. The van der Waals surface area contributed by atoms with Crippen molar-refractivity contribution in [3.63, 3.8) is 0 Å². The summed E-state index contributed by atoms with van der Waals surface area (Å²) in [7, 11) is -2.36. The van der Waals surface area contributed by atoms with Gasteiger partial charge in [0.1, 0.15) is 17.7 Å². The van der Waals surface area contributed by atoms with Gasteiger partial charge in [-0.25, -0.2) is 12.8 Å². The number of likely N-dealkylation sites (tertiary alicyclic amines) is 2. The van der Waals surface area contributed by atoms with Crippen LogP contribution in [-0.2, 0) is 19.4 Å². The van der Waals surface area contributed by atoms with Crippen LogP contribution in [-0.4, -0.2) is 81.5 Å². The number of aliphatic imine (C=N–C) groups is 1. The molecule has 0 bridgehead atoms. The number of sulfone groups is 1.